The molecule has 0 spiro atoms. The fraction of sp³-hybridized carbons (Fsp3) is 0.308. The lowest BCUT2D eigenvalue weighted by Crippen LogP contribution is -2.24. The van der Waals surface area contributed by atoms with Gasteiger partial charge >= 0.3 is 0 Å². The zero-order valence-electron chi connectivity index (χ0n) is 18.9. The summed E-state index contributed by atoms with van der Waals surface area (Å²) in [5.41, 5.74) is 6.16. The first-order chi connectivity index (χ1) is 15.2. The number of anilines is 1. The van der Waals surface area contributed by atoms with Crippen LogP contribution in [0, 0.1) is 6.92 Å². The van der Waals surface area contributed by atoms with Gasteiger partial charge in [0, 0.05) is 31.9 Å². The topological polar surface area (TPSA) is 52.6 Å². The fourth-order valence-corrected chi connectivity index (χ4v) is 3.49. The van der Waals surface area contributed by atoms with Crippen LogP contribution in [0.2, 0.25) is 0 Å². The lowest BCUT2D eigenvalue weighted by molar-refractivity contribution is 0.576. The average molecular weight is 416 g/mol. The summed E-state index contributed by atoms with van der Waals surface area (Å²) in [6, 6.07) is 14.4. The molecule has 162 valence electrons. The molecule has 0 unspecified atom stereocenters. The minimum Gasteiger partial charge on any atom is -0.373 e. The lowest BCUT2D eigenvalue weighted by atomic mass is 10.0. The minimum absolute atomic E-state index is 0.757. The Hall–Kier alpha value is -3.18. The molecule has 0 saturated carbocycles. The number of aryl methyl sites for hydroxylation is 1. The summed E-state index contributed by atoms with van der Waals surface area (Å²) >= 11 is 0. The van der Waals surface area contributed by atoms with Gasteiger partial charge in [0.25, 0.3) is 0 Å². The van der Waals surface area contributed by atoms with Gasteiger partial charge in [0.2, 0.25) is 0 Å². The summed E-state index contributed by atoms with van der Waals surface area (Å²) in [7, 11) is 1.88. The van der Waals surface area contributed by atoms with Gasteiger partial charge in [0.05, 0.1) is 17.1 Å². The maximum Gasteiger partial charge on any atom is 0.126 e. The number of aromatic nitrogens is 1. The highest BCUT2D eigenvalue weighted by molar-refractivity contribution is 5.90. The van der Waals surface area contributed by atoms with Crippen LogP contribution in [0.1, 0.15) is 36.6 Å². The minimum atomic E-state index is 0.757. The van der Waals surface area contributed by atoms with Gasteiger partial charge in [-0.05, 0) is 50.4 Å². The standard InChI is InChI=1S/C26H33N5/c1-5-6-16-29-19-21-14-17-31(18-15-21)26(23-8-7-9-24(27-3)30-23)25(28-4)22-12-10-20(2)11-13-22/h7-15,17,29H,4-6,16,18-19H2,1-3H3,(H,27,30)/b26-25-. The van der Waals surface area contributed by atoms with Crippen LogP contribution in [0.4, 0.5) is 5.82 Å². The number of benzene rings is 1. The summed E-state index contributed by atoms with van der Waals surface area (Å²) in [5, 5.41) is 6.65. The lowest BCUT2D eigenvalue weighted by Gasteiger charge is -2.27. The van der Waals surface area contributed by atoms with E-state index in [1.165, 1.54) is 24.0 Å². The Balaban J connectivity index is 1.96. The van der Waals surface area contributed by atoms with Gasteiger partial charge in [-0.15, -0.1) is 0 Å². The van der Waals surface area contributed by atoms with Gasteiger partial charge in [0.15, 0.2) is 0 Å². The number of rotatable bonds is 10. The van der Waals surface area contributed by atoms with Crippen LogP contribution in [0.25, 0.3) is 11.4 Å². The molecule has 3 rings (SSSR count). The zero-order chi connectivity index (χ0) is 22.1. The Morgan fingerprint density at radius 1 is 1.19 bits per heavy atom. The number of pyridine rings is 1. The zero-order valence-corrected chi connectivity index (χ0v) is 18.9. The summed E-state index contributed by atoms with van der Waals surface area (Å²) in [6.45, 7) is 10.9. The van der Waals surface area contributed by atoms with Gasteiger partial charge in [-0.1, -0.05) is 55.3 Å². The van der Waals surface area contributed by atoms with Crippen LogP contribution in [0.5, 0.6) is 0 Å². The molecule has 2 N–H and O–H groups in total. The molecule has 2 heterocycles. The van der Waals surface area contributed by atoms with E-state index in [4.69, 9.17) is 4.98 Å². The molecule has 0 aliphatic carbocycles. The monoisotopic (exact) mass is 415 g/mol. The van der Waals surface area contributed by atoms with Crippen molar-refractivity contribution in [2.24, 2.45) is 4.99 Å². The van der Waals surface area contributed by atoms with E-state index in [1.54, 1.807) is 0 Å². The van der Waals surface area contributed by atoms with Gasteiger partial charge in [-0.3, -0.25) is 4.99 Å². The third kappa shape index (κ3) is 5.92. The van der Waals surface area contributed by atoms with E-state index in [2.05, 4.69) is 83.7 Å². The normalized spacial score (nSPS) is 14.2. The molecule has 0 bridgehead atoms. The van der Waals surface area contributed by atoms with E-state index in [-0.39, 0.29) is 0 Å². The van der Waals surface area contributed by atoms with Crippen molar-refractivity contribution in [3.05, 3.63) is 83.2 Å². The van der Waals surface area contributed by atoms with E-state index < -0.39 is 0 Å². The van der Waals surface area contributed by atoms with Crippen molar-refractivity contribution < 1.29 is 0 Å². The largest absolute Gasteiger partial charge is 0.373 e. The molecule has 1 aromatic heterocycles. The molecule has 1 aliphatic heterocycles. The molecule has 0 atom stereocenters. The summed E-state index contributed by atoms with van der Waals surface area (Å²) < 4.78 is 0. The Kier molecular flexibility index (Phi) is 8.19. The predicted octanol–water partition coefficient (Wildman–Crippen LogP) is 5.10. The number of unbranched alkanes of at least 4 members (excludes halogenated alkanes) is 1. The van der Waals surface area contributed by atoms with Gasteiger partial charge in [0.1, 0.15) is 5.82 Å². The highest BCUT2D eigenvalue weighted by Crippen LogP contribution is 2.31. The maximum atomic E-state index is 4.80. The van der Waals surface area contributed by atoms with Gasteiger partial charge in [-0.25, -0.2) is 4.98 Å². The van der Waals surface area contributed by atoms with Crippen LogP contribution < -0.4 is 10.6 Å². The molecule has 0 amide bonds. The highest BCUT2D eigenvalue weighted by Gasteiger charge is 2.19. The first kappa shape index (κ1) is 22.5. The molecule has 0 radical (unpaired) electrons. The van der Waals surface area contributed by atoms with Crippen LogP contribution in [0.15, 0.2) is 71.4 Å². The summed E-state index contributed by atoms with van der Waals surface area (Å²) in [4.78, 5) is 11.4. The molecule has 2 aromatic rings. The second kappa shape index (κ2) is 11.3. The van der Waals surface area contributed by atoms with Crippen molar-refractivity contribution in [1.82, 2.24) is 15.2 Å². The number of nitrogens with one attached hydrogen (secondary N) is 2. The van der Waals surface area contributed by atoms with Crippen LogP contribution in [0.3, 0.4) is 0 Å². The van der Waals surface area contributed by atoms with Crippen LogP contribution in [-0.4, -0.2) is 43.3 Å². The second-order valence-electron chi connectivity index (χ2n) is 7.66. The van der Waals surface area contributed by atoms with E-state index in [1.807, 2.05) is 25.2 Å². The quantitative estimate of drug-likeness (QED) is 0.419. The van der Waals surface area contributed by atoms with E-state index in [0.29, 0.717) is 0 Å². The molecule has 31 heavy (non-hydrogen) atoms. The van der Waals surface area contributed by atoms with Crippen LogP contribution >= 0.6 is 0 Å². The third-order valence-corrected chi connectivity index (χ3v) is 5.30. The molecular weight excluding hydrogens is 382 g/mol. The highest BCUT2D eigenvalue weighted by atomic mass is 15.1. The molecule has 0 saturated heterocycles. The van der Waals surface area contributed by atoms with Crippen LogP contribution in [-0.2, 0) is 0 Å². The number of aliphatic imine (C=N–C) groups is 1. The van der Waals surface area contributed by atoms with E-state index in [0.717, 1.165) is 48.1 Å². The Bertz CT molecular complexity index is 970. The predicted molar refractivity (Wildman–Crippen MR) is 133 cm³/mol. The Morgan fingerprint density at radius 3 is 2.65 bits per heavy atom. The first-order valence-electron chi connectivity index (χ1n) is 10.9. The molecule has 1 aromatic carbocycles. The van der Waals surface area contributed by atoms with Crippen molar-refractivity contribution in [2.45, 2.75) is 26.7 Å². The molecule has 1 aliphatic rings. The number of hydrogen-bond donors (Lipinski definition) is 2. The van der Waals surface area contributed by atoms with Gasteiger partial charge in [-0.2, -0.15) is 0 Å². The molecule has 0 fully saturated rings. The van der Waals surface area contributed by atoms with E-state index in [9.17, 15) is 0 Å². The van der Waals surface area contributed by atoms with E-state index >= 15 is 0 Å². The average Bonchev–Trinajstić information content (AvgIpc) is 2.81. The van der Waals surface area contributed by atoms with Crippen molar-refractivity contribution >= 4 is 23.9 Å². The number of nitrogens with zero attached hydrogens (tertiary/aromatic N) is 3. The smallest absolute Gasteiger partial charge is 0.126 e. The fourth-order valence-electron chi connectivity index (χ4n) is 3.49. The maximum absolute atomic E-state index is 4.80. The van der Waals surface area contributed by atoms with Crippen molar-refractivity contribution in [3.8, 4) is 0 Å². The van der Waals surface area contributed by atoms with Gasteiger partial charge < -0.3 is 15.5 Å². The first-order valence-corrected chi connectivity index (χ1v) is 10.9. The van der Waals surface area contributed by atoms with Crippen molar-refractivity contribution in [2.75, 3.05) is 32.0 Å². The SMILES string of the molecule is C=N/C(=C(/c1cccc(NC)n1)N1C=CC(CNCCCC)=CC1)c1ccc(C)cc1. The van der Waals surface area contributed by atoms with Crippen molar-refractivity contribution in [3.63, 3.8) is 0 Å². The molecular formula is C26H33N5. The Labute approximate surface area is 186 Å². The molecule has 5 heteroatoms. The second-order valence-corrected chi connectivity index (χ2v) is 7.66. The third-order valence-electron chi connectivity index (χ3n) is 5.30. The van der Waals surface area contributed by atoms with Crippen molar-refractivity contribution in [1.29, 1.82) is 0 Å². The molecule has 5 nitrogen and oxygen atoms in total. The summed E-state index contributed by atoms with van der Waals surface area (Å²) in [5.74, 6) is 0.819. The summed E-state index contributed by atoms with van der Waals surface area (Å²) in [6.07, 6.45) is 8.96. The Morgan fingerprint density at radius 2 is 2.00 bits per heavy atom. The number of hydrogen-bond acceptors (Lipinski definition) is 5.